The molecule has 3 fully saturated rings. The number of allylic oxidation sites excluding steroid dienone is 3. The molecule has 15 heteroatoms. The second-order valence-electron chi connectivity index (χ2n) is 14.3. The first-order chi connectivity index (χ1) is 26.7. The second kappa shape index (κ2) is 14.0. The second-order valence-corrected chi connectivity index (χ2v) is 16.3. The monoisotopic (exact) mass is 912 g/mol. The summed E-state index contributed by atoms with van der Waals surface area (Å²) in [6.45, 7) is 3.81. The molecule has 9 nitrogen and oxygen atoms in total. The third-order valence-corrected chi connectivity index (χ3v) is 12.7. The van der Waals surface area contributed by atoms with Crippen LogP contribution in [0.15, 0.2) is 103 Å². The number of aromatic nitrogens is 1. The molecule has 3 aromatic carbocycles. The number of pyridine rings is 1. The number of nitrogens with one attached hydrogen (secondary N) is 1. The lowest BCUT2D eigenvalue weighted by Gasteiger charge is -2.50. The molecule has 2 aliphatic carbocycles. The normalized spacial score (nSPS) is 25.8. The lowest BCUT2D eigenvalue weighted by Crippen LogP contribution is -2.53. The maximum absolute atomic E-state index is 15.4. The van der Waals surface area contributed by atoms with E-state index in [1.807, 2.05) is 6.08 Å². The molecular weight excluding hydrogens is 883 g/mol. The van der Waals surface area contributed by atoms with Crippen LogP contribution in [0.5, 0.6) is 5.75 Å². The van der Waals surface area contributed by atoms with E-state index in [0.717, 1.165) is 3.57 Å². The number of amides is 4. The van der Waals surface area contributed by atoms with Gasteiger partial charge in [-0.05, 0) is 101 Å². The summed E-state index contributed by atoms with van der Waals surface area (Å²) in [5.74, 6) is -7.57. The number of hydrazine groups is 1. The van der Waals surface area contributed by atoms with Crippen LogP contribution in [0, 0.1) is 27.2 Å². The number of nitrogens with zero attached hydrogens (tertiary/aromatic N) is 3. The molecule has 0 bridgehead atoms. The average molecular weight is 914 g/mol. The van der Waals surface area contributed by atoms with Gasteiger partial charge >= 0.3 is 6.18 Å². The first-order valence-electron chi connectivity index (χ1n) is 17.6. The Morgan fingerprint density at radius 2 is 1.70 bits per heavy atom. The third kappa shape index (κ3) is 5.83. The van der Waals surface area contributed by atoms with E-state index in [2.05, 4.69) is 39.6 Å². The van der Waals surface area contributed by atoms with Gasteiger partial charge in [-0.2, -0.15) is 18.2 Å². The summed E-state index contributed by atoms with van der Waals surface area (Å²) in [5.41, 5.74) is 1.88. The summed E-state index contributed by atoms with van der Waals surface area (Å²) in [5, 5.41) is 12.6. The molecular formula is C41H30Cl2F3IN4O5. The Balaban J connectivity index is 1.33. The highest BCUT2D eigenvalue weighted by Gasteiger charge is 2.70. The molecule has 2 aliphatic heterocycles. The van der Waals surface area contributed by atoms with Crippen molar-refractivity contribution >= 4 is 80.9 Å². The highest BCUT2D eigenvalue weighted by molar-refractivity contribution is 14.1. The summed E-state index contributed by atoms with van der Waals surface area (Å²) in [7, 11) is 0. The van der Waals surface area contributed by atoms with Gasteiger partial charge in [0, 0.05) is 26.3 Å². The molecule has 2 N–H and O–H groups in total. The standard InChI is InChI=1S/C41H30Cl2F3IN4O5/c1-2-4-20-5-3-6-28(34(20)52)33-26-15-16-27-32(38(55)50(36(27)53)25-13-11-24(47)12-14-25)29(26)18-30-37(54)51(39(56)40(30,33)21-7-9-23(42)10-8-21)49-35-31(43)17-22(19-48-35)41(44,45)46/h2-3,5-15,17,19,27,29-30,32-33,52H,1,4,16,18H2,(H,48,49)/t27-,29+,30-,32-,33+,40+/m0/s1. The fourth-order valence-electron chi connectivity index (χ4n) is 9.14. The molecule has 6 atom stereocenters. The van der Waals surface area contributed by atoms with E-state index in [9.17, 15) is 32.7 Å². The van der Waals surface area contributed by atoms with Crippen molar-refractivity contribution in [3.63, 3.8) is 0 Å². The van der Waals surface area contributed by atoms with Crippen molar-refractivity contribution in [1.82, 2.24) is 9.99 Å². The number of anilines is 2. The lowest BCUT2D eigenvalue weighted by molar-refractivity contribution is -0.139. The molecule has 8 rings (SSSR count). The number of fused-ring (bicyclic) bond motifs is 4. The Morgan fingerprint density at radius 1 is 0.982 bits per heavy atom. The van der Waals surface area contributed by atoms with Gasteiger partial charge < -0.3 is 5.11 Å². The fourth-order valence-corrected chi connectivity index (χ4v) is 9.83. The van der Waals surface area contributed by atoms with Crippen LogP contribution in [0.2, 0.25) is 10.0 Å². The van der Waals surface area contributed by atoms with Crippen LogP contribution in [0.3, 0.4) is 0 Å². The van der Waals surface area contributed by atoms with E-state index in [4.69, 9.17) is 23.2 Å². The van der Waals surface area contributed by atoms with Crippen LogP contribution in [0.1, 0.15) is 41.0 Å². The van der Waals surface area contributed by atoms with Crippen LogP contribution in [-0.2, 0) is 37.2 Å². The van der Waals surface area contributed by atoms with E-state index in [1.165, 1.54) is 4.90 Å². The molecule has 4 amide bonds. The molecule has 286 valence electrons. The van der Waals surface area contributed by atoms with E-state index >= 15 is 4.79 Å². The van der Waals surface area contributed by atoms with Crippen LogP contribution in [0.25, 0.3) is 0 Å². The number of halogens is 6. The van der Waals surface area contributed by atoms with Crippen molar-refractivity contribution in [2.45, 2.75) is 36.8 Å². The van der Waals surface area contributed by atoms with Gasteiger partial charge in [-0.15, -0.1) is 6.58 Å². The molecule has 0 unspecified atom stereocenters. The van der Waals surface area contributed by atoms with Crippen LogP contribution in [-0.4, -0.2) is 38.7 Å². The smallest absolute Gasteiger partial charge is 0.417 e. The Kier molecular flexibility index (Phi) is 9.56. The number of hydrogen-bond donors (Lipinski definition) is 2. The number of para-hydroxylation sites is 1. The number of aromatic hydroxyl groups is 1. The number of alkyl halides is 3. The van der Waals surface area contributed by atoms with Crippen LogP contribution in [0.4, 0.5) is 24.7 Å². The number of rotatable bonds is 7. The highest BCUT2D eigenvalue weighted by atomic mass is 127. The Hall–Kier alpha value is -4.73. The van der Waals surface area contributed by atoms with E-state index in [-0.39, 0.29) is 36.7 Å². The van der Waals surface area contributed by atoms with Gasteiger partial charge in [-0.3, -0.25) is 29.5 Å². The predicted octanol–water partition coefficient (Wildman–Crippen LogP) is 8.64. The molecule has 1 aromatic heterocycles. The number of hydrogen-bond acceptors (Lipinski definition) is 7. The molecule has 3 heterocycles. The third-order valence-electron chi connectivity index (χ3n) is 11.5. The van der Waals surface area contributed by atoms with Crippen LogP contribution >= 0.6 is 45.8 Å². The average Bonchev–Trinajstić information content (AvgIpc) is 3.54. The van der Waals surface area contributed by atoms with Crippen molar-refractivity contribution in [3.05, 3.63) is 139 Å². The number of phenolic OH excluding ortho intramolecular Hbond substituents is 1. The largest absolute Gasteiger partial charge is 0.507 e. The number of phenols is 1. The van der Waals surface area contributed by atoms with Crippen molar-refractivity contribution in [3.8, 4) is 5.75 Å². The van der Waals surface area contributed by atoms with Gasteiger partial charge in [0.05, 0.1) is 39.4 Å². The fraction of sp³-hybridized carbons (Fsp3) is 0.244. The Labute approximate surface area is 342 Å². The Morgan fingerprint density at radius 3 is 2.36 bits per heavy atom. The number of carbonyl (C=O) groups is 4. The molecule has 56 heavy (non-hydrogen) atoms. The van der Waals surface area contributed by atoms with Gasteiger partial charge in [0.25, 0.3) is 11.8 Å². The van der Waals surface area contributed by atoms with Gasteiger partial charge in [-0.1, -0.05) is 71.3 Å². The number of imide groups is 2. The zero-order chi connectivity index (χ0) is 39.8. The summed E-state index contributed by atoms with van der Waals surface area (Å²) in [6.07, 6.45) is -0.384. The minimum atomic E-state index is -4.76. The predicted molar refractivity (Wildman–Crippen MR) is 211 cm³/mol. The van der Waals surface area contributed by atoms with Gasteiger partial charge in [0.2, 0.25) is 11.8 Å². The minimum Gasteiger partial charge on any atom is -0.507 e. The maximum Gasteiger partial charge on any atom is 0.417 e. The van der Waals surface area contributed by atoms with Gasteiger partial charge in [-0.25, -0.2) is 4.98 Å². The van der Waals surface area contributed by atoms with Crippen molar-refractivity contribution < 1.29 is 37.5 Å². The first-order valence-corrected chi connectivity index (χ1v) is 19.4. The molecule has 1 saturated carbocycles. The van der Waals surface area contributed by atoms with E-state index in [0.29, 0.717) is 50.2 Å². The topological polar surface area (TPSA) is 120 Å². The molecule has 0 radical (unpaired) electrons. The zero-order valence-corrected chi connectivity index (χ0v) is 32.7. The Bertz CT molecular complexity index is 2370. The molecule has 2 saturated heterocycles. The summed E-state index contributed by atoms with van der Waals surface area (Å²) < 4.78 is 41.4. The molecule has 4 aromatic rings. The number of benzene rings is 3. The van der Waals surface area contributed by atoms with E-state index < -0.39 is 69.5 Å². The molecule has 4 aliphatic rings. The summed E-state index contributed by atoms with van der Waals surface area (Å²) in [6, 6.07) is 19.1. The maximum atomic E-state index is 15.4. The lowest BCUT2D eigenvalue weighted by atomic mass is 9.49. The highest BCUT2D eigenvalue weighted by Crippen LogP contribution is 2.65. The molecule has 0 spiro atoms. The zero-order valence-electron chi connectivity index (χ0n) is 29.1. The summed E-state index contributed by atoms with van der Waals surface area (Å²) >= 11 is 14.8. The van der Waals surface area contributed by atoms with Crippen molar-refractivity contribution in [2.75, 3.05) is 10.3 Å². The SMILES string of the molecule is C=CCc1cccc([C@H]2C3=CC[C@@H]4C(=O)N(c5ccc(I)cc5)C(=O)[C@@H]4[C@@H]3C[C@H]3C(=O)N(Nc4ncc(C(F)(F)F)cc4Cl)C(=O)[C@@]23c2ccc(Cl)cc2)c1O. The first kappa shape index (κ1) is 38.2. The van der Waals surface area contributed by atoms with Crippen molar-refractivity contribution in [2.24, 2.45) is 23.7 Å². The van der Waals surface area contributed by atoms with Gasteiger partial charge in [0.1, 0.15) is 5.75 Å². The summed E-state index contributed by atoms with van der Waals surface area (Å²) in [4.78, 5) is 63.9. The number of carbonyl (C=O) groups excluding carboxylic acids is 4. The van der Waals surface area contributed by atoms with Crippen LogP contribution < -0.4 is 10.3 Å². The van der Waals surface area contributed by atoms with E-state index in [1.54, 1.807) is 72.8 Å². The van der Waals surface area contributed by atoms with Crippen molar-refractivity contribution in [1.29, 1.82) is 0 Å². The van der Waals surface area contributed by atoms with Gasteiger partial charge in [0.15, 0.2) is 5.82 Å². The minimum absolute atomic E-state index is 0.0598. The quantitative estimate of drug-likeness (QED) is 0.108.